The van der Waals surface area contributed by atoms with Gasteiger partial charge in [-0.1, -0.05) is 22.0 Å². The molecule has 0 saturated carbocycles. The molecular formula is C12H11BrF3N3. The molecule has 0 aliphatic heterocycles. The number of aromatic amines is 1. The maximum atomic E-state index is 12.8. The van der Waals surface area contributed by atoms with Crippen LogP contribution in [0.15, 0.2) is 35.1 Å². The molecule has 102 valence electrons. The van der Waals surface area contributed by atoms with Gasteiger partial charge < -0.3 is 10.7 Å². The van der Waals surface area contributed by atoms with Crippen LogP contribution in [0, 0.1) is 0 Å². The quantitative estimate of drug-likeness (QED) is 0.904. The summed E-state index contributed by atoms with van der Waals surface area (Å²) in [4.78, 5) is 6.87. The Morgan fingerprint density at radius 3 is 2.68 bits per heavy atom. The van der Waals surface area contributed by atoms with Gasteiger partial charge in [-0.15, -0.1) is 0 Å². The van der Waals surface area contributed by atoms with Gasteiger partial charge >= 0.3 is 6.18 Å². The van der Waals surface area contributed by atoms with Crippen LogP contribution in [-0.4, -0.2) is 9.97 Å². The molecule has 3 nitrogen and oxygen atoms in total. The number of aromatic nitrogens is 2. The molecule has 0 saturated heterocycles. The predicted octanol–water partition coefficient (Wildman–Crippen LogP) is 3.43. The van der Waals surface area contributed by atoms with Gasteiger partial charge in [0.25, 0.3) is 0 Å². The summed E-state index contributed by atoms with van der Waals surface area (Å²) in [5.41, 5.74) is 5.61. The molecule has 1 aromatic carbocycles. The molecule has 0 aliphatic rings. The number of alkyl halides is 3. The van der Waals surface area contributed by atoms with Crippen molar-refractivity contribution < 1.29 is 13.2 Å². The van der Waals surface area contributed by atoms with E-state index in [0.717, 1.165) is 6.07 Å². The van der Waals surface area contributed by atoms with E-state index in [1.165, 1.54) is 6.07 Å². The average Bonchev–Trinajstić information content (AvgIpc) is 2.80. The maximum Gasteiger partial charge on any atom is 0.417 e. The summed E-state index contributed by atoms with van der Waals surface area (Å²) in [5.74, 6) is 0.643. The van der Waals surface area contributed by atoms with E-state index < -0.39 is 17.8 Å². The Bertz CT molecular complexity index is 552. The lowest BCUT2D eigenvalue weighted by molar-refractivity contribution is -0.138. The van der Waals surface area contributed by atoms with Crippen molar-refractivity contribution in [3.63, 3.8) is 0 Å². The minimum atomic E-state index is -4.40. The average molecular weight is 334 g/mol. The van der Waals surface area contributed by atoms with E-state index >= 15 is 0 Å². The number of benzene rings is 1. The van der Waals surface area contributed by atoms with Gasteiger partial charge in [0.05, 0.1) is 5.56 Å². The predicted molar refractivity (Wildman–Crippen MR) is 68.4 cm³/mol. The molecule has 1 atom stereocenters. The Balaban J connectivity index is 2.25. The second-order valence-corrected chi connectivity index (χ2v) is 4.94. The number of hydrogen-bond acceptors (Lipinski definition) is 2. The molecule has 0 bridgehead atoms. The molecule has 7 heteroatoms. The standard InChI is InChI=1S/C12H11BrF3N3/c13-9-2-1-7(5-8(9)12(14,15)16)10(17)6-11-18-3-4-19-11/h1-5,10H,6,17H2,(H,18,19). The molecule has 3 N–H and O–H groups in total. The molecule has 0 radical (unpaired) electrons. The Hall–Kier alpha value is -1.34. The normalized spacial score (nSPS) is 13.5. The van der Waals surface area contributed by atoms with E-state index in [1.54, 1.807) is 18.5 Å². The highest BCUT2D eigenvalue weighted by atomic mass is 79.9. The van der Waals surface area contributed by atoms with Crippen LogP contribution in [0.25, 0.3) is 0 Å². The van der Waals surface area contributed by atoms with Gasteiger partial charge in [0, 0.05) is 29.3 Å². The van der Waals surface area contributed by atoms with Crippen LogP contribution in [0.3, 0.4) is 0 Å². The van der Waals surface area contributed by atoms with Crippen LogP contribution in [0.1, 0.15) is 23.0 Å². The van der Waals surface area contributed by atoms with Gasteiger partial charge in [-0.05, 0) is 17.7 Å². The van der Waals surface area contributed by atoms with Crippen LogP contribution in [-0.2, 0) is 12.6 Å². The third-order valence-electron chi connectivity index (χ3n) is 2.69. The SMILES string of the molecule is NC(Cc1ncc[nH]1)c1ccc(Br)c(C(F)(F)F)c1. The van der Waals surface area contributed by atoms with E-state index in [4.69, 9.17) is 5.73 Å². The Morgan fingerprint density at radius 2 is 2.11 bits per heavy atom. The van der Waals surface area contributed by atoms with Gasteiger partial charge in [0.2, 0.25) is 0 Å². The topological polar surface area (TPSA) is 54.7 Å². The van der Waals surface area contributed by atoms with E-state index in [1.807, 2.05) is 0 Å². The third kappa shape index (κ3) is 3.36. The van der Waals surface area contributed by atoms with Crippen molar-refractivity contribution in [2.45, 2.75) is 18.6 Å². The van der Waals surface area contributed by atoms with E-state index in [9.17, 15) is 13.2 Å². The number of nitrogens with one attached hydrogen (secondary N) is 1. The minimum absolute atomic E-state index is 0.00829. The number of H-pyrrole nitrogens is 1. The fraction of sp³-hybridized carbons (Fsp3) is 0.250. The Kier molecular flexibility index (Phi) is 3.96. The summed E-state index contributed by atoms with van der Waals surface area (Å²) in [5, 5.41) is 0. The van der Waals surface area contributed by atoms with Crippen molar-refractivity contribution in [1.29, 1.82) is 0 Å². The fourth-order valence-electron chi connectivity index (χ4n) is 1.73. The van der Waals surface area contributed by atoms with Crippen LogP contribution < -0.4 is 5.73 Å². The second-order valence-electron chi connectivity index (χ2n) is 4.08. The first-order valence-electron chi connectivity index (χ1n) is 5.48. The molecule has 1 heterocycles. The molecule has 2 rings (SSSR count). The van der Waals surface area contributed by atoms with Crippen molar-refractivity contribution in [3.8, 4) is 0 Å². The lowest BCUT2D eigenvalue weighted by Crippen LogP contribution is -2.16. The van der Waals surface area contributed by atoms with Gasteiger partial charge in [-0.2, -0.15) is 13.2 Å². The van der Waals surface area contributed by atoms with Gasteiger partial charge in [0.1, 0.15) is 5.82 Å². The highest BCUT2D eigenvalue weighted by Gasteiger charge is 2.33. The third-order valence-corrected chi connectivity index (χ3v) is 3.38. The van der Waals surface area contributed by atoms with Crippen LogP contribution in [0.2, 0.25) is 0 Å². The summed E-state index contributed by atoms with van der Waals surface area (Å²) in [6, 6.07) is 3.46. The van der Waals surface area contributed by atoms with Crippen molar-refractivity contribution >= 4 is 15.9 Å². The molecule has 2 aromatic rings. The lowest BCUT2D eigenvalue weighted by Gasteiger charge is -2.15. The van der Waals surface area contributed by atoms with Crippen LogP contribution >= 0.6 is 15.9 Å². The molecule has 0 fully saturated rings. The number of imidazole rings is 1. The zero-order valence-corrected chi connectivity index (χ0v) is 11.3. The van der Waals surface area contributed by atoms with Crippen molar-refractivity contribution in [2.75, 3.05) is 0 Å². The monoisotopic (exact) mass is 333 g/mol. The summed E-state index contributed by atoms with van der Waals surface area (Å²) >= 11 is 2.90. The molecule has 0 amide bonds. The highest BCUT2D eigenvalue weighted by molar-refractivity contribution is 9.10. The number of nitrogens with two attached hydrogens (primary N) is 1. The first-order valence-corrected chi connectivity index (χ1v) is 6.27. The number of rotatable bonds is 3. The number of nitrogens with zero attached hydrogens (tertiary/aromatic N) is 1. The Labute approximate surface area is 116 Å². The molecule has 0 aliphatic carbocycles. The fourth-order valence-corrected chi connectivity index (χ4v) is 2.20. The number of hydrogen-bond donors (Lipinski definition) is 2. The summed E-state index contributed by atoms with van der Waals surface area (Å²) in [6.07, 6.45) is -0.833. The van der Waals surface area contributed by atoms with E-state index in [-0.39, 0.29) is 4.47 Å². The first kappa shape index (κ1) is 14.1. The molecule has 0 spiro atoms. The van der Waals surface area contributed by atoms with Gasteiger partial charge in [-0.3, -0.25) is 0 Å². The second kappa shape index (κ2) is 5.34. The summed E-state index contributed by atoms with van der Waals surface area (Å²) in [7, 11) is 0. The maximum absolute atomic E-state index is 12.8. The smallest absolute Gasteiger partial charge is 0.349 e. The first-order chi connectivity index (χ1) is 8.88. The van der Waals surface area contributed by atoms with Crippen molar-refractivity contribution in [3.05, 3.63) is 52.0 Å². The van der Waals surface area contributed by atoms with Gasteiger partial charge in [0.15, 0.2) is 0 Å². The summed E-state index contributed by atoms with van der Waals surface area (Å²) < 4.78 is 38.3. The van der Waals surface area contributed by atoms with Crippen molar-refractivity contribution in [2.24, 2.45) is 5.73 Å². The van der Waals surface area contributed by atoms with Crippen molar-refractivity contribution in [1.82, 2.24) is 9.97 Å². The summed E-state index contributed by atoms with van der Waals surface area (Å²) in [6.45, 7) is 0. The largest absolute Gasteiger partial charge is 0.417 e. The molecule has 19 heavy (non-hydrogen) atoms. The van der Waals surface area contributed by atoms with Crippen LogP contribution in [0.5, 0.6) is 0 Å². The highest BCUT2D eigenvalue weighted by Crippen LogP contribution is 2.36. The molecule has 1 unspecified atom stereocenters. The van der Waals surface area contributed by atoms with Crippen LogP contribution in [0.4, 0.5) is 13.2 Å². The molecular weight excluding hydrogens is 323 g/mol. The minimum Gasteiger partial charge on any atom is -0.349 e. The Morgan fingerprint density at radius 1 is 1.37 bits per heavy atom. The zero-order chi connectivity index (χ0) is 14.0. The van der Waals surface area contributed by atoms with E-state index in [2.05, 4.69) is 25.9 Å². The zero-order valence-electron chi connectivity index (χ0n) is 9.71. The molecule has 1 aromatic heterocycles. The lowest BCUT2D eigenvalue weighted by atomic mass is 10.0. The van der Waals surface area contributed by atoms with E-state index in [0.29, 0.717) is 17.8 Å². The number of halogens is 4. The van der Waals surface area contributed by atoms with Gasteiger partial charge in [-0.25, -0.2) is 4.98 Å².